The van der Waals surface area contributed by atoms with E-state index in [4.69, 9.17) is 23.2 Å². The Hall–Kier alpha value is -1.86. The van der Waals surface area contributed by atoms with E-state index >= 15 is 0 Å². The minimum atomic E-state index is -3.49. The Morgan fingerprint density at radius 1 is 1.04 bits per heavy atom. The van der Waals surface area contributed by atoms with Crippen molar-refractivity contribution in [2.75, 3.05) is 19.4 Å². The van der Waals surface area contributed by atoms with E-state index in [1.54, 1.807) is 24.3 Å². The molecule has 0 saturated carbocycles. The third kappa shape index (κ3) is 5.31. The second kappa shape index (κ2) is 8.01. The minimum absolute atomic E-state index is 0.152. The standard InChI is InChI=1S/C17H16Cl2N2O3S/c1-21(2)25(23,24)16-6-4-15(5-7-16)20-17(22)8-3-12-9-13(18)11-14(19)10-12/h3-11H,1-2H3,(H,20,22)/b8-3+. The van der Waals surface area contributed by atoms with E-state index < -0.39 is 10.0 Å². The van der Waals surface area contributed by atoms with Gasteiger partial charge in [-0.2, -0.15) is 0 Å². The fourth-order valence-electron chi connectivity index (χ4n) is 1.95. The SMILES string of the molecule is CN(C)S(=O)(=O)c1ccc(NC(=O)/C=C/c2cc(Cl)cc(Cl)c2)cc1. The molecular formula is C17H16Cl2N2O3S. The molecule has 0 heterocycles. The number of carbonyl (C=O) groups is 1. The summed E-state index contributed by atoms with van der Waals surface area (Å²) in [6, 6.07) is 10.9. The first-order chi connectivity index (χ1) is 11.7. The average Bonchev–Trinajstić information content (AvgIpc) is 2.52. The third-order valence-electron chi connectivity index (χ3n) is 3.21. The number of carbonyl (C=O) groups excluding carboxylic acids is 1. The van der Waals surface area contributed by atoms with E-state index in [1.165, 1.54) is 44.4 Å². The normalized spacial score (nSPS) is 11.9. The lowest BCUT2D eigenvalue weighted by Crippen LogP contribution is -2.22. The van der Waals surface area contributed by atoms with Crippen LogP contribution in [0.25, 0.3) is 6.08 Å². The lowest BCUT2D eigenvalue weighted by atomic mass is 10.2. The first-order valence-electron chi connectivity index (χ1n) is 7.16. The molecular weight excluding hydrogens is 383 g/mol. The van der Waals surface area contributed by atoms with Gasteiger partial charge in [0.05, 0.1) is 4.90 Å². The number of hydrogen-bond donors (Lipinski definition) is 1. The third-order valence-corrected chi connectivity index (χ3v) is 5.48. The molecule has 0 atom stereocenters. The Labute approximate surface area is 156 Å². The van der Waals surface area contributed by atoms with Gasteiger partial charge < -0.3 is 5.32 Å². The Morgan fingerprint density at radius 2 is 1.60 bits per heavy atom. The van der Waals surface area contributed by atoms with Gasteiger partial charge in [0.15, 0.2) is 0 Å². The first-order valence-corrected chi connectivity index (χ1v) is 9.36. The monoisotopic (exact) mass is 398 g/mol. The number of halogens is 2. The number of benzene rings is 2. The highest BCUT2D eigenvalue weighted by molar-refractivity contribution is 7.89. The predicted octanol–water partition coefficient (Wildman–Crippen LogP) is 3.90. The minimum Gasteiger partial charge on any atom is -0.323 e. The van der Waals surface area contributed by atoms with Crippen molar-refractivity contribution in [3.63, 3.8) is 0 Å². The average molecular weight is 399 g/mol. The lowest BCUT2D eigenvalue weighted by molar-refractivity contribution is -0.111. The summed E-state index contributed by atoms with van der Waals surface area (Å²) in [4.78, 5) is 12.1. The second-order valence-electron chi connectivity index (χ2n) is 5.34. The molecule has 0 radical (unpaired) electrons. The van der Waals surface area contributed by atoms with Crippen LogP contribution in [0.1, 0.15) is 5.56 Å². The Morgan fingerprint density at radius 3 is 2.12 bits per heavy atom. The van der Waals surface area contributed by atoms with E-state index in [-0.39, 0.29) is 10.8 Å². The predicted molar refractivity (Wildman–Crippen MR) is 101 cm³/mol. The molecule has 25 heavy (non-hydrogen) atoms. The van der Waals surface area contributed by atoms with Gasteiger partial charge in [-0.05, 0) is 54.1 Å². The van der Waals surface area contributed by atoms with Crippen molar-refractivity contribution in [2.45, 2.75) is 4.90 Å². The van der Waals surface area contributed by atoms with Crippen molar-refractivity contribution >= 4 is 50.9 Å². The van der Waals surface area contributed by atoms with Crippen LogP contribution < -0.4 is 5.32 Å². The van der Waals surface area contributed by atoms with E-state index in [0.717, 1.165) is 4.31 Å². The topological polar surface area (TPSA) is 66.5 Å². The number of amides is 1. The molecule has 0 unspecified atom stereocenters. The summed E-state index contributed by atoms with van der Waals surface area (Å²) in [5.41, 5.74) is 1.18. The molecule has 0 saturated heterocycles. The number of nitrogens with one attached hydrogen (secondary N) is 1. The fourth-order valence-corrected chi connectivity index (χ4v) is 3.39. The van der Waals surface area contributed by atoms with E-state index in [2.05, 4.69) is 5.32 Å². The van der Waals surface area contributed by atoms with E-state index in [0.29, 0.717) is 21.3 Å². The Balaban J connectivity index is 2.07. The van der Waals surface area contributed by atoms with Crippen LogP contribution in [-0.4, -0.2) is 32.7 Å². The zero-order valence-corrected chi connectivity index (χ0v) is 15.9. The molecule has 1 N–H and O–H groups in total. The smallest absolute Gasteiger partial charge is 0.248 e. The molecule has 132 valence electrons. The lowest BCUT2D eigenvalue weighted by Gasteiger charge is -2.11. The summed E-state index contributed by atoms with van der Waals surface area (Å²) >= 11 is 11.8. The van der Waals surface area contributed by atoms with Crippen molar-refractivity contribution < 1.29 is 13.2 Å². The van der Waals surface area contributed by atoms with Gasteiger partial charge in [0.2, 0.25) is 15.9 Å². The van der Waals surface area contributed by atoms with Crippen molar-refractivity contribution in [3.05, 3.63) is 64.1 Å². The number of hydrogen-bond acceptors (Lipinski definition) is 3. The molecule has 0 aliphatic carbocycles. The summed E-state index contributed by atoms with van der Waals surface area (Å²) in [5, 5.41) is 3.60. The van der Waals surface area contributed by atoms with Gasteiger partial charge in [-0.1, -0.05) is 23.2 Å². The van der Waals surface area contributed by atoms with Crippen molar-refractivity contribution in [3.8, 4) is 0 Å². The molecule has 2 rings (SSSR count). The van der Waals surface area contributed by atoms with Crippen molar-refractivity contribution in [1.82, 2.24) is 4.31 Å². The highest BCUT2D eigenvalue weighted by atomic mass is 35.5. The van der Waals surface area contributed by atoms with Gasteiger partial charge in [-0.15, -0.1) is 0 Å². The fraction of sp³-hybridized carbons (Fsp3) is 0.118. The highest BCUT2D eigenvalue weighted by Crippen LogP contribution is 2.20. The molecule has 0 spiro atoms. The van der Waals surface area contributed by atoms with Crippen LogP contribution in [0, 0.1) is 0 Å². The summed E-state index contributed by atoms with van der Waals surface area (Å²) in [7, 11) is -0.582. The summed E-state index contributed by atoms with van der Waals surface area (Å²) in [6.07, 6.45) is 2.92. The quantitative estimate of drug-likeness (QED) is 0.776. The van der Waals surface area contributed by atoms with E-state index in [9.17, 15) is 13.2 Å². The van der Waals surface area contributed by atoms with Gasteiger partial charge in [0, 0.05) is 35.9 Å². The van der Waals surface area contributed by atoms with Crippen LogP contribution in [-0.2, 0) is 14.8 Å². The maximum absolute atomic E-state index is 12.0. The van der Waals surface area contributed by atoms with Crippen LogP contribution in [0.15, 0.2) is 53.4 Å². The van der Waals surface area contributed by atoms with Crippen molar-refractivity contribution in [2.24, 2.45) is 0 Å². The van der Waals surface area contributed by atoms with E-state index in [1.807, 2.05) is 0 Å². The second-order valence-corrected chi connectivity index (χ2v) is 8.36. The van der Waals surface area contributed by atoms with Gasteiger partial charge in [0.1, 0.15) is 0 Å². The maximum Gasteiger partial charge on any atom is 0.248 e. The van der Waals surface area contributed by atoms with Gasteiger partial charge >= 0.3 is 0 Å². The summed E-state index contributed by atoms with van der Waals surface area (Å²) in [5.74, 6) is -0.362. The molecule has 8 heteroatoms. The highest BCUT2D eigenvalue weighted by Gasteiger charge is 2.16. The molecule has 5 nitrogen and oxygen atoms in total. The summed E-state index contributed by atoms with van der Waals surface area (Å²) in [6.45, 7) is 0. The van der Waals surface area contributed by atoms with Crippen LogP contribution in [0.4, 0.5) is 5.69 Å². The summed E-state index contributed by atoms with van der Waals surface area (Å²) < 4.78 is 25.1. The van der Waals surface area contributed by atoms with Crippen LogP contribution in [0.5, 0.6) is 0 Å². The van der Waals surface area contributed by atoms with Gasteiger partial charge in [-0.25, -0.2) is 12.7 Å². The van der Waals surface area contributed by atoms with Crippen molar-refractivity contribution in [1.29, 1.82) is 0 Å². The van der Waals surface area contributed by atoms with Crippen LogP contribution in [0.3, 0.4) is 0 Å². The van der Waals surface area contributed by atoms with Gasteiger partial charge in [0.25, 0.3) is 0 Å². The van der Waals surface area contributed by atoms with Crippen LogP contribution >= 0.6 is 23.2 Å². The van der Waals surface area contributed by atoms with Gasteiger partial charge in [-0.3, -0.25) is 4.79 Å². The Bertz CT molecular complexity index is 888. The zero-order valence-electron chi connectivity index (χ0n) is 13.5. The zero-order chi connectivity index (χ0) is 18.6. The molecule has 0 aliphatic rings. The number of anilines is 1. The van der Waals surface area contributed by atoms with Crippen LogP contribution in [0.2, 0.25) is 10.0 Å². The molecule has 2 aromatic rings. The molecule has 0 aromatic heterocycles. The molecule has 0 bridgehead atoms. The molecule has 0 fully saturated rings. The number of rotatable bonds is 5. The molecule has 2 aromatic carbocycles. The molecule has 1 amide bonds. The Kier molecular flexibility index (Phi) is 6.24. The largest absolute Gasteiger partial charge is 0.323 e. The maximum atomic E-state index is 12.0. The number of sulfonamides is 1. The first kappa shape index (κ1) is 19.5. The molecule has 0 aliphatic heterocycles. The number of nitrogens with zero attached hydrogens (tertiary/aromatic N) is 1.